The minimum atomic E-state index is -0.333. The van der Waals surface area contributed by atoms with Crippen molar-refractivity contribution in [1.82, 2.24) is 4.90 Å². The van der Waals surface area contributed by atoms with E-state index < -0.39 is 0 Å². The van der Waals surface area contributed by atoms with Gasteiger partial charge in [0.1, 0.15) is 0 Å². The number of benzene rings is 2. The average Bonchev–Trinajstić information content (AvgIpc) is 2.64. The number of carbonyl (C=O) groups excluding carboxylic acids is 2. The van der Waals surface area contributed by atoms with Crippen LogP contribution in [0.1, 0.15) is 10.4 Å². The lowest BCUT2D eigenvalue weighted by Gasteiger charge is -2.25. The third-order valence-electron chi connectivity index (χ3n) is 4.07. The molecule has 2 aromatic carbocycles. The molecule has 0 saturated carbocycles. The van der Waals surface area contributed by atoms with Crippen molar-refractivity contribution in [3.8, 4) is 0 Å². The van der Waals surface area contributed by atoms with Gasteiger partial charge in [-0.05, 0) is 42.5 Å². The van der Waals surface area contributed by atoms with Crippen LogP contribution in [-0.2, 0) is 9.53 Å². The average molecular weight is 408 g/mol. The van der Waals surface area contributed by atoms with Crippen molar-refractivity contribution in [3.05, 3.63) is 58.1 Å². The van der Waals surface area contributed by atoms with Crippen LogP contribution >= 0.6 is 23.2 Å². The Labute approximate surface area is 167 Å². The van der Waals surface area contributed by atoms with Crippen molar-refractivity contribution < 1.29 is 14.3 Å². The van der Waals surface area contributed by atoms with Gasteiger partial charge >= 0.3 is 0 Å². The summed E-state index contributed by atoms with van der Waals surface area (Å²) in [6.07, 6.45) is 0. The van der Waals surface area contributed by atoms with Crippen molar-refractivity contribution >= 4 is 46.4 Å². The first-order valence-corrected chi connectivity index (χ1v) is 9.23. The van der Waals surface area contributed by atoms with Crippen molar-refractivity contribution in [2.24, 2.45) is 0 Å². The van der Waals surface area contributed by atoms with E-state index in [2.05, 4.69) is 10.6 Å². The molecule has 0 atom stereocenters. The lowest BCUT2D eigenvalue weighted by Crippen LogP contribution is -2.41. The molecular weight excluding hydrogens is 389 g/mol. The highest BCUT2D eigenvalue weighted by Crippen LogP contribution is 2.22. The first kappa shape index (κ1) is 19.6. The minimum Gasteiger partial charge on any atom is -0.379 e. The highest BCUT2D eigenvalue weighted by atomic mass is 35.5. The van der Waals surface area contributed by atoms with Crippen molar-refractivity contribution in [1.29, 1.82) is 0 Å². The quantitative estimate of drug-likeness (QED) is 0.795. The van der Waals surface area contributed by atoms with Crippen LogP contribution in [0, 0.1) is 0 Å². The van der Waals surface area contributed by atoms with Crippen LogP contribution in [0.2, 0.25) is 10.0 Å². The maximum Gasteiger partial charge on any atom is 0.257 e. The van der Waals surface area contributed by atoms with Gasteiger partial charge in [0.2, 0.25) is 5.91 Å². The van der Waals surface area contributed by atoms with Gasteiger partial charge in [-0.3, -0.25) is 14.5 Å². The van der Waals surface area contributed by atoms with E-state index in [1.165, 1.54) is 6.07 Å². The summed E-state index contributed by atoms with van der Waals surface area (Å²) in [6, 6.07) is 11.6. The van der Waals surface area contributed by atoms with E-state index in [1.807, 2.05) is 4.90 Å². The molecule has 8 heteroatoms. The molecule has 3 rings (SSSR count). The summed E-state index contributed by atoms with van der Waals surface area (Å²) in [5.74, 6) is -0.414. The molecule has 0 spiro atoms. The van der Waals surface area contributed by atoms with Gasteiger partial charge in [-0.25, -0.2) is 0 Å². The summed E-state index contributed by atoms with van der Waals surface area (Å²) in [7, 11) is 0. The highest BCUT2D eigenvalue weighted by molar-refractivity contribution is 6.37. The SMILES string of the molecule is O=C(CN1CCOCC1)Nc1ccc(NC(=O)c2ccc(Cl)cc2Cl)cc1. The Balaban J connectivity index is 1.55. The van der Waals surface area contributed by atoms with Gasteiger partial charge in [0.25, 0.3) is 5.91 Å². The third kappa shape index (κ3) is 5.68. The molecule has 0 unspecified atom stereocenters. The lowest BCUT2D eigenvalue weighted by atomic mass is 10.2. The largest absolute Gasteiger partial charge is 0.379 e. The molecule has 27 heavy (non-hydrogen) atoms. The van der Waals surface area contributed by atoms with E-state index in [9.17, 15) is 9.59 Å². The van der Waals surface area contributed by atoms with Crippen molar-refractivity contribution in [2.75, 3.05) is 43.5 Å². The van der Waals surface area contributed by atoms with Gasteiger partial charge in [-0.2, -0.15) is 0 Å². The molecule has 0 aromatic heterocycles. The number of rotatable bonds is 5. The Bertz CT molecular complexity index is 821. The Kier molecular flexibility index (Phi) is 6.68. The van der Waals surface area contributed by atoms with Crippen LogP contribution in [0.3, 0.4) is 0 Å². The minimum absolute atomic E-state index is 0.0818. The fourth-order valence-electron chi connectivity index (χ4n) is 2.67. The zero-order chi connectivity index (χ0) is 19.2. The van der Waals surface area contributed by atoms with Gasteiger partial charge in [0.05, 0.1) is 30.3 Å². The summed E-state index contributed by atoms with van der Waals surface area (Å²) < 4.78 is 5.27. The second kappa shape index (κ2) is 9.19. The van der Waals surface area contributed by atoms with Gasteiger partial charge in [-0.15, -0.1) is 0 Å². The van der Waals surface area contributed by atoms with E-state index in [4.69, 9.17) is 27.9 Å². The Morgan fingerprint density at radius 3 is 2.22 bits per heavy atom. The molecule has 0 bridgehead atoms. The Morgan fingerprint density at radius 1 is 0.963 bits per heavy atom. The summed E-state index contributed by atoms with van der Waals surface area (Å²) >= 11 is 11.9. The molecule has 2 N–H and O–H groups in total. The van der Waals surface area contributed by atoms with Crippen LogP contribution in [-0.4, -0.2) is 49.6 Å². The molecule has 1 fully saturated rings. The van der Waals surface area contributed by atoms with E-state index in [0.717, 1.165) is 13.1 Å². The van der Waals surface area contributed by atoms with Crippen LogP contribution in [0.4, 0.5) is 11.4 Å². The highest BCUT2D eigenvalue weighted by Gasteiger charge is 2.14. The predicted octanol–water partition coefficient (Wildman–Crippen LogP) is 3.52. The summed E-state index contributed by atoms with van der Waals surface area (Å²) in [6.45, 7) is 3.15. The third-order valence-corrected chi connectivity index (χ3v) is 4.62. The number of carbonyl (C=O) groups is 2. The molecule has 1 aliphatic heterocycles. The number of halogens is 2. The Morgan fingerprint density at radius 2 is 1.59 bits per heavy atom. The fraction of sp³-hybridized carbons (Fsp3) is 0.263. The van der Waals surface area contributed by atoms with Crippen LogP contribution in [0.25, 0.3) is 0 Å². The molecule has 6 nitrogen and oxygen atoms in total. The Hall–Kier alpha value is -2.12. The van der Waals surface area contributed by atoms with Gasteiger partial charge < -0.3 is 15.4 Å². The van der Waals surface area contributed by atoms with E-state index in [1.54, 1.807) is 36.4 Å². The zero-order valence-electron chi connectivity index (χ0n) is 14.5. The molecule has 1 aliphatic rings. The number of anilines is 2. The monoisotopic (exact) mass is 407 g/mol. The van der Waals surface area contributed by atoms with Gasteiger partial charge in [0.15, 0.2) is 0 Å². The molecule has 142 valence electrons. The summed E-state index contributed by atoms with van der Waals surface area (Å²) in [5.41, 5.74) is 1.59. The van der Waals surface area contributed by atoms with E-state index in [-0.39, 0.29) is 16.8 Å². The number of amides is 2. The standard InChI is InChI=1S/C19H19Cl2N3O3/c20-13-1-6-16(17(21)11-13)19(26)23-15-4-2-14(3-5-15)22-18(25)12-24-7-9-27-10-8-24/h1-6,11H,7-10,12H2,(H,22,25)(H,23,26). The molecule has 2 aromatic rings. The number of nitrogens with one attached hydrogen (secondary N) is 2. The van der Waals surface area contributed by atoms with Gasteiger partial charge in [0, 0.05) is 29.5 Å². The summed E-state index contributed by atoms with van der Waals surface area (Å²) in [5, 5.41) is 6.36. The number of hydrogen-bond donors (Lipinski definition) is 2. The molecule has 1 saturated heterocycles. The molecule has 0 radical (unpaired) electrons. The number of morpholine rings is 1. The maximum absolute atomic E-state index is 12.3. The second-order valence-electron chi connectivity index (χ2n) is 6.09. The van der Waals surface area contributed by atoms with E-state index >= 15 is 0 Å². The van der Waals surface area contributed by atoms with E-state index in [0.29, 0.717) is 41.7 Å². The molecule has 2 amide bonds. The van der Waals surface area contributed by atoms with Crippen LogP contribution in [0.5, 0.6) is 0 Å². The predicted molar refractivity (Wildman–Crippen MR) is 107 cm³/mol. The normalized spacial score (nSPS) is 14.6. The molecule has 1 heterocycles. The first-order valence-electron chi connectivity index (χ1n) is 8.48. The number of ether oxygens (including phenoxy) is 1. The summed E-state index contributed by atoms with van der Waals surface area (Å²) in [4.78, 5) is 26.5. The number of hydrogen-bond acceptors (Lipinski definition) is 4. The zero-order valence-corrected chi connectivity index (χ0v) is 16.0. The van der Waals surface area contributed by atoms with Crippen LogP contribution < -0.4 is 10.6 Å². The van der Waals surface area contributed by atoms with Crippen LogP contribution in [0.15, 0.2) is 42.5 Å². The maximum atomic E-state index is 12.3. The van der Waals surface area contributed by atoms with Crippen molar-refractivity contribution in [3.63, 3.8) is 0 Å². The van der Waals surface area contributed by atoms with Gasteiger partial charge in [-0.1, -0.05) is 23.2 Å². The molecule has 0 aliphatic carbocycles. The number of nitrogens with zero attached hydrogens (tertiary/aromatic N) is 1. The molecular formula is C19H19Cl2N3O3. The second-order valence-corrected chi connectivity index (χ2v) is 6.94. The topological polar surface area (TPSA) is 70.7 Å². The first-order chi connectivity index (χ1) is 13.0. The lowest BCUT2D eigenvalue weighted by molar-refractivity contribution is -0.118. The smallest absolute Gasteiger partial charge is 0.257 e. The van der Waals surface area contributed by atoms with Crippen molar-refractivity contribution in [2.45, 2.75) is 0 Å². The fourth-order valence-corrected chi connectivity index (χ4v) is 3.17.